The Hall–Kier alpha value is -0.580. The fourth-order valence-corrected chi connectivity index (χ4v) is 3.67. The van der Waals surface area contributed by atoms with Gasteiger partial charge in [-0.15, -0.1) is 0 Å². The van der Waals surface area contributed by atoms with Gasteiger partial charge in [0, 0.05) is 6.42 Å². The first-order valence-corrected chi connectivity index (χ1v) is 10.7. The molecule has 23 heavy (non-hydrogen) atoms. The van der Waals surface area contributed by atoms with Crippen molar-refractivity contribution in [3.8, 4) is 0 Å². The number of aliphatic carboxylic acids is 1. The zero-order valence-electron chi connectivity index (χ0n) is 14.8. The number of carboxylic acids is 1. The van der Waals surface area contributed by atoms with E-state index in [-0.39, 0.29) is 11.7 Å². The van der Waals surface area contributed by atoms with Crippen LogP contribution >= 0.6 is 0 Å². The van der Waals surface area contributed by atoms with Crippen molar-refractivity contribution in [3.63, 3.8) is 0 Å². The van der Waals surface area contributed by atoms with Crippen LogP contribution in [0.4, 0.5) is 0 Å². The molecule has 138 valence electrons. The van der Waals surface area contributed by atoms with Crippen LogP contribution in [-0.4, -0.2) is 24.7 Å². The molecule has 0 aromatic rings. The zero-order valence-corrected chi connectivity index (χ0v) is 15.7. The Bertz CT molecular complexity index is 345. The average Bonchev–Trinajstić information content (AvgIpc) is 2.50. The van der Waals surface area contributed by atoms with Crippen molar-refractivity contribution in [1.29, 1.82) is 0 Å². The molecule has 1 unspecified atom stereocenters. The second-order valence-corrected chi connectivity index (χ2v) is 7.85. The third-order valence-electron chi connectivity index (χ3n) is 4.37. The van der Waals surface area contributed by atoms with Crippen LogP contribution in [0.25, 0.3) is 0 Å². The minimum absolute atomic E-state index is 0.153. The summed E-state index contributed by atoms with van der Waals surface area (Å²) in [7, 11) is -2.31. The van der Waals surface area contributed by atoms with E-state index in [1.54, 1.807) is 0 Å². The number of hydrogen-bond donors (Lipinski definition) is 2. The molecule has 0 aliphatic rings. The first kappa shape index (κ1) is 22.4. The molecular weight excluding hydrogens is 312 g/mol. The minimum Gasteiger partial charge on any atom is -0.481 e. The lowest BCUT2D eigenvalue weighted by molar-refractivity contribution is -0.137. The molecule has 0 aliphatic heterocycles. The fourth-order valence-electron chi connectivity index (χ4n) is 2.88. The predicted molar refractivity (Wildman–Crippen MR) is 96.7 cm³/mol. The molecule has 0 aromatic carbocycles. The Labute approximate surface area is 144 Å². The lowest BCUT2D eigenvalue weighted by Gasteiger charge is -2.10. The van der Waals surface area contributed by atoms with Crippen molar-refractivity contribution >= 4 is 16.7 Å². The van der Waals surface area contributed by atoms with Gasteiger partial charge >= 0.3 is 5.97 Å². The number of thiol groups is 1. The summed E-state index contributed by atoms with van der Waals surface area (Å²) < 4.78 is 22.6. The van der Waals surface area contributed by atoms with Crippen LogP contribution in [0.3, 0.4) is 0 Å². The Morgan fingerprint density at radius 2 is 1.22 bits per heavy atom. The van der Waals surface area contributed by atoms with Crippen molar-refractivity contribution in [2.45, 2.75) is 108 Å². The molecule has 0 bridgehead atoms. The Morgan fingerprint density at radius 1 is 0.783 bits per heavy atom. The van der Waals surface area contributed by atoms with Crippen LogP contribution in [-0.2, 0) is 15.5 Å². The summed E-state index contributed by atoms with van der Waals surface area (Å²) in [5, 5.41) is 8.39. The normalized spacial score (nSPS) is 12.6. The van der Waals surface area contributed by atoms with Crippen LogP contribution < -0.4 is 0 Å². The van der Waals surface area contributed by atoms with Crippen LogP contribution in [0.5, 0.6) is 0 Å². The molecule has 0 fully saturated rings. The van der Waals surface area contributed by atoms with E-state index < -0.39 is 16.7 Å². The zero-order chi connectivity index (χ0) is 17.3. The topological polar surface area (TPSA) is 71.4 Å². The molecule has 1 N–H and O–H groups in total. The van der Waals surface area contributed by atoms with Gasteiger partial charge in [0.2, 0.25) is 0 Å². The molecule has 0 aromatic heterocycles. The van der Waals surface area contributed by atoms with Crippen molar-refractivity contribution in [3.05, 3.63) is 0 Å². The van der Waals surface area contributed by atoms with E-state index in [2.05, 4.69) is 6.92 Å². The second-order valence-electron chi connectivity index (χ2n) is 6.55. The molecule has 0 rings (SSSR count). The first-order chi connectivity index (χ1) is 11.1. The second kappa shape index (κ2) is 16.3. The highest BCUT2D eigenvalue weighted by atomic mass is 32.2. The van der Waals surface area contributed by atoms with Gasteiger partial charge in [0.15, 0.2) is 0 Å². The molecule has 0 radical (unpaired) electrons. The third kappa shape index (κ3) is 16.1. The highest BCUT2D eigenvalue weighted by molar-refractivity contribution is 7.73. The molecule has 4 nitrogen and oxygen atoms in total. The maximum atomic E-state index is 11.3. The summed E-state index contributed by atoms with van der Waals surface area (Å²) >= 11 is 0. The third-order valence-corrected chi connectivity index (χ3v) is 5.48. The molecule has 0 saturated carbocycles. The van der Waals surface area contributed by atoms with Crippen LogP contribution in [0.15, 0.2) is 0 Å². The summed E-state index contributed by atoms with van der Waals surface area (Å²) in [4.78, 5) is 10.4. The summed E-state index contributed by atoms with van der Waals surface area (Å²) in [5.41, 5.74) is 0. The van der Waals surface area contributed by atoms with Gasteiger partial charge in [-0.3, -0.25) is 4.79 Å². The van der Waals surface area contributed by atoms with E-state index in [1.165, 1.54) is 32.1 Å². The average molecular weight is 349 g/mol. The van der Waals surface area contributed by atoms with Crippen LogP contribution in [0.1, 0.15) is 103 Å². The van der Waals surface area contributed by atoms with Crippen molar-refractivity contribution in [2.75, 3.05) is 0 Å². The Morgan fingerprint density at radius 3 is 1.65 bits per heavy atom. The number of hydrogen-bond acceptors (Lipinski definition) is 3. The summed E-state index contributed by atoms with van der Waals surface area (Å²) in [6, 6.07) is 0. The molecule has 5 heteroatoms. The molecule has 0 heterocycles. The van der Waals surface area contributed by atoms with Gasteiger partial charge in [-0.25, -0.2) is 8.42 Å². The lowest BCUT2D eigenvalue weighted by atomic mass is 10.0. The van der Waals surface area contributed by atoms with Gasteiger partial charge in [0.25, 0.3) is 0 Å². The summed E-state index contributed by atoms with van der Waals surface area (Å²) in [6.45, 7) is 2.21. The maximum absolute atomic E-state index is 11.3. The standard InChI is InChI=1S/C18H36O4S/c1-2-3-4-5-6-8-11-14-17(23(21)22)15-12-9-7-10-13-16-18(19)20/h17,23H,2-16H2,1H3,(H,19,20). The first-order valence-electron chi connectivity index (χ1n) is 9.43. The molecular formula is C18H36O4S. The van der Waals surface area contributed by atoms with E-state index in [4.69, 9.17) is 5.11 Å². The van der Waals surface area contributed by atoms with Crippen LogP contribution in [0.2, 0.25) is 0 Å². The van der Waals surface area contributed by atoms with Gasteiger partial charge in [0.05, 0.1) is 5.25 Å². The van der Waals surface area contributed by atoms with Gasteiger partial charge in [-0.2, -0.15) is 0 Å². The quantitative estimate of drug-likeness (QED) is 0.289. The molecule has 0 saturated heterocycles. The fraction of sp³-hybridized carbons (Fsp3) is 0.944. The number of carbonyl (C=O) groups is 1. The lowest BCUT2D eigenvalue weighted by Crippen LogP contribution is -2.09. The van der Waals surface area contributed by atoms with Crippen molar-refractivity contribution in [1.82, 2.24) is 0 Å². The Balaban J connectivity index is 3.57. The summed E-state index contributed by atoms with van der Waals surface area (Å²) in [6.07, 6.45) is 15.0. The molecule has 0 spiro atoms. The van der Waals surface area contributed by atoms with Crippen LogP contribution in [0, 0.1) is 0 Å². The van der Waals surface area contributed by atoms with E-state index in [0.29, 0.717) is 0 Å². The van der Waals surface area contributed by atoms with Crippen molar-refractivity contribution < 1.29 is 18.3 Å². The molecule has 1 atom stereocenters. The number of carboxylic acid groups (broad SMARTS) is 1. The van der Waals surface area contributed by atoms with Crippen molar-refractivity contribution in [2.24, 2.45) is 0 Å². The molecule has 0 amide bonds. The van der Waals surface area contributed by atoms with Gasteiger partial charge in [0.1, 0.15) is 10.7 Å². The smallest absolute Gasteiger partial charge is 0.303 e. The SMILES string of the molecule is CCCCCCCCCC(CCCCCCCC(=O)O)[SH](=O)=O. The summed E-state index contributed by atoms with van der Waals surface area (Å²) in [5.74, 6) is -0.733. The van der Waals surface area contributed by atoms with Gasteiger partial charge < -0.3 is 5.11 Å². The highest BCUT2D eigenvalue weighted by Gasteiger charge is 2.11. The van der Waals surface area contributed by atoms with E-state index in [9.17, 15) is 13.2 Å². The Kier molecular flexibility index (Phi) is 15.9. The van der Waals surface area contributed by atoms with E-state index in [1.807, 2.05) is 0 Å². The minimum atomic E-state index is -2.31. The van der Waals surface area contributed by atoms with E-state index in [0.717, 1.165) is 57.8 Å². The van der Waals surface area contributed by atoms with Gasteiger partial charge in [-0.1, -0.05) is 77.6 Å². The highest BCUT2D eigenvalue weighted by Crippen LogP contribution is 2.16. The number of rotatable bonds is 17. The largest absolute Gasteiger partial charge is 0.481 e. The van der Waals surface area contributed by atoms with Gasteiger partial charge in [-0.05, 0) is 19.3 Å². The monoisotopic (exact) mass is 348 g/mol. The number of unbranched alkanes of at least 4 members (excludes halogenated alkanes) is 10. The van der Waals surface area contributed by atoms with E-state index >= 15 is 0 Å². The maximum Gasteiger partial charge on any atom is 0.303 e. The molecule has 0 aliphatic carbocycles. The predicted octanol–water partition coefficient (Wildman–Crippen LogP) is 4.92.